The van der Waals surface area contributed by atoms with Crippen LogP contribution in [0.25, 0.3) is 0 Å². The summed E-state index contributed by atoms with van der Waals surface area (Å²) < 4.78 is 0. The average Bonchev–Trinajstić information content (AvgIpc) is 2.45. The largest absolute Gasteiger partial charge is 0.480 e. The number of halogens is 1. The monoisotopic (exact) mass is 357 g/mol. The molecule has 0 radical (unpaired) electrons. The first-order valence-corrected chi connectivity index (χ1v) is 7.47. The first kappa shape index (κ1) is 21.9. The van der Waals surface area contributed by atoms with Crippen molar-refractivity contribution in [1.82, 2.24) is 4.90 Å². The van der Waals surface area contributed by atoms with Crippen LogP contribution in [0.2, 0.25) is 0 Å². The van der Waals surface area contributed by atoms with Crippen molar-refractivity contribution in [3.8, 4) is 0 Å². The van der Waals surface area contributed by atoms with E-state index in [9.17, 15) is 14.4 Å². The van der Waals surface area contributed by atoms with Gasteiger partial charge in [0.1, 0.15) is 0 Å². The molecule has 0 saturated heterocycles. The van der Waals surface area contributed by atoms with Crippen molar-refractivity contribution in [2.75, 3.05) is 23.7 Å². The minimum atomic E-state index is -0.967. The first-order valence-electron chi connectivity index (χ1n) is 7.47. The smallest absolute Gasteiger partial charge is 0.317 e. The highest BCUT2D eigenvalue weighted by Gasteiger charge is 2.22. The van der Waals surface area contributed by atoms with E-state index in [4.69, 9.17) is 5.11 Å². The number of carbonyl (C=O) groups excluding carboxylic acids is 2. The van der Waals surface area contributed by atoms with Crippen LogP contribution in [0.3, 0.4) is 0 Å². The minimum absolute atomic E-state index is 0. The van der Waals surface area contributed by atoms with Crippen molar-refractivity contribution < 1.29 is 19.5 Å². The quantitative estimate of drug-likeness (QED) is 0.662. The molecular formula is C16H24ClN3O4. The zero-order chi connectivity index (χ0) is 17.4. The van der Waals surface area contributed by atoms with E-state index in [1.165, 1.54) is 6.92 Å². The number of nitrogens with one attached hydrogen (secondary N) is 2. The third kappa shape index (κ3) is 7.43. The summed E-state index contributed by atoms with van der Waals surface area (Å²) in [7, 11) is 0. The fraction of sp³-hybridized carbons (Fsp3) is 0.438. The van der Waals surface area contributed by atoms with Gasteiger partial charge in [0.15, 0.2) is 0 Å². The highest BCUT2D eigenvalue weighted by Crippen LogP contribution is 2.16. The number of hydrogen-bond donors (Lipinski definition) is 3. The van der Waals surface area contributed by atoms with E-state index < -0.39 is 12.0 Å². The van der Waals surface area contributed by atoms with Gasteiger partial charge in [-0.05, 0) is 38.1 Å². The summed E-state index contributed by atoms with van der Waals surface area (Å²) in [6.07, 6.45) is 0.753. The highest BCUT2D eigenvalue weighted by molar-refractivity contribution is 5.96. The maximum Gasteiger partial charge on any atom is 0.317 e. The number of carboxylic acids is 1. The van der Waals surface area contributed by atoms with Crippen LogP contribution in [-0.4, -0.2) is 46.9 Å². The fourth-order valence-electron chi connectivity index (χ4n) is 2.16. The molecule has 0 aromatic heterocycles. The van der Waals surface area contributed by atoms with Gasteiger partial charge in [0.25, 0.3) is 0 Å². The number of rotatable bonds is 8. The number of benzene rings is 1. The standard InChI is InChI=1S/C16H23N3O4.ClH/c1-4-8-19(10-15(21)22)11(2)16(23)18-14-7-5-6-13(9-14)17-12(3)20;/h5-7,9,11H,4,8,10H2,1-3H3,(H,17,20)(H,18,23)(H,21,22);1H. The molecule has 0 spiro atoms. The predicted molar refractivity (Wildman–Crippen MR) is 95.6 cm³/mol. The molecule has 1 rings (SSSR count). The van der Waals surface area contributed by atoms with E-state index in [2.05, 4.69) is 10.6 Å². The van der Waals surface area contributed by atoms with Crippen molar-refractivity contribution in [1.29, 1.82) is 0 Å². The van der Waals surface area contributed by atoms with Crippen molar-refractivity contribution >= 4 is 41.6 Å². The van der Waals surface area contributed by atoms with Crippen LogP contribution in [0, 0.1) is 0 Å². The Hall–Kier alpha value is -2.12. The number of carbonyl (C=O) groups is 3. The molecule has 3 N–H and O–H groups in total. The second-order valence-electron chi connectivity index (χ2n) is 5.29. The van der Waals surface area contributed by atoms with E-state index >= 15 is 0 Å². The first-order chi connectivity index (χ1) is 10.8. The van der Waals surface area contributed by atoms with Gasteiger partial charge in [-0.25, -0.2) is 0 Å². The van der Waals surface area contributed by atoms with Crippen molar-refractivity contribution in [3.63, 3.8) is 0 Å². The molecule has 0 heterocycles. The minimum Gasteiger partial charge on any atom is -0.480 e. The Balaban J connectivity index is 0.00000529. The maximum atomic E-state index is 12.3. The lowest BCUT2D eigenvalue weighted by Gasteiger charge is -2.26. The molecule has 1 atom stereocenters. The summed E-state index contributed by atoms with van der Waals surface area (Å²) in [6.45, 7) is 5.34. The maximum absolute atomic E-state index is 12.3. The Morgan fingerprint density at radius 3 is 2.29 bits per heavy atom. The molecule has 134 valence electrons. The molecule has 0 aliphatic heterocycles. The summed E-state index contributed by atoms with van der Waals surface area (Å²) in [5.41, 5.74) is 1.12. The molecule has 0 aliphatic carbocycles. The zero-order valence-corrected chi connectivity index (χ0v) is 14.9. The Kier molecular flexibility index (Phi) is 9.68. The fourth-order valence-corrected chi connectivity index (χ4v) is 2.16. The van der Waals surface area contributed by atoms with E-state index in [0.29, 0.717) is 17.9 Å². The van der Waals surface area contributed by atoms with Crippen LogP contribution in [-0.2, 0) is 14.4 Å². The average molecular weight is 358 g/mol. The highest BCUT2D eigenvalue weighted by atomic mass is 35.5. The predicted octanol–water partition coefficient (Wildman–Crippen LogP) is 2.19. The molecule has 2 amide bonds. The van der Waals surface area contributed by atoms with E-state index in [0.717, 1.165) is 6.42 Å². The molecule has 1 unspecified atom stereocenters. The van der Waals surface area contributed by atoms with Gasteiger partial charge >= 0.3 is 5.97 Å². The van der Waals surface area contributed by atoms with Crippen LogP contribution < -0.4 is 10.6 Å². The van der Waals surface area contributed by atoms with Crippen LogP contribution in [0.5, 0.6) is 0 Å². The van der Waals surface area contributed by atoms with Gasteiger partial charge in [-0.3, -0.25) is 19.3 Å². The molecule has 7 nitrogen and oxygen atoms in total. The number of carboxylic acid groups (broad SMARTS) is 1. The number of hydrogen-bond acceptors (Lipinski definition) is 4. The van der Waals surface area contributed by atoms with Crippen molar-refractivity contribution in [3.05, 3.63) is 24.3 Å². The van der Waals surface area contributed by atoms with Gasteiger partial charge in [-0.15, -0.1) is 12.4 Å². The lowest BCUT2D eigenvalue weighted by atomic mass is 10.2. The van der Waals surface area contributed by atoms with Gasteiger partial charge in [0.2, 0.25) is 11.8 Å². The lowest BCUT2D eigenvalue weighted by Crippen LogP contribution is -2.44. The van der Waals surface area contributed by atoms with Crippen LogP contribution in [0.4, 0.5) is 11.4 Å². The summed E-state index contributed by atoms with van der Waals surface area (Å²) >= 11 is 0. The van der Waals surface area contributed by atoms with E-state index in [1.807, 2.05) is 6.92 Å². The summed E-state index contributed by atoms with van der Waals surface area (Å²) in [6, 6.07) is 6.21. The van der Waals surface area contributed by atoms with Gasteiger partial charge in [0, 0.05) is 18.3 Å². The SMILES string of the molecule is CCCN(CC(=O)O)C(C)C(=O)Nc1cccc(NC(C)=O)c1.Cl. The molecular weight excluding hydrogens is 334 g/mol. The molecule has 0 fully saturated rings. The summed E-state index contributed by atoms with van der Waals surface area (Å²) in [4.78, 5) is 35.9. The van der Waals surface area contributed by atoms with Gasteiger partial charge in [-0.1, -0.05) is 13.0 Å². The lowest BCUT2D eigenvalue weighted by molar-refractivity contribution is -0.139. The number of anilines is 2. The molecule has 1 aromatic rings. The number of amides is 2. The molecule has 24 heavy (non-hydrogen) atoms. The Morgan fingerprint density at radius 2 is 1.79 bits per heavy atom. The Labute approximate surface area is 147 Å². The van der Waals surface area contributed by atoms with E-state index in [-0.39, 0.29) is 30.8 Å². The summed E-state index contributed by atoms with van der Waals surface area (Å²) in [5, 5.41) is 14.3. The third-order valence-electron chi connectivity index (χ3n) is 3.23. The normalized spacial score (nSPS) is 11.3. The van der Waals surface area contributed by atoms with Crippen LogP contribution >= 0.6 is 12.4 Å². The molecule has 0 saturated carbocycles. The molecule has 0 aliphatic rings. The number of aliphatic carboxylic acids is 1. The van der Waals surface area contributed by atoms with E-state index in [1.54, 1.807) is 36.1 Å². The topological polar surface area (TPSA) is 98.7 Å². The van der Waals surface area contributed by atoms with Gasteiger partial charge in [0.05, 0.1) is 12.6 Å². The molecule has 1 aromatic carbocycles. The molecule has 8 heteroatoms. The molecule has 0 bridgehead atoms. The Morgan fingerprint density at radius 1 is 1.21 bits per heavy atom. The second-order valence-corrected chi connectivity index (χ2v) is 5.29. The van der Waals surface area contributed by atoms with Crippen molar-refractivity contribution in [2.24, 2.45) is 0 Å². The third-order valence-corrected chi connectivity index (χ3v) is 3.23. The second kappa shape index (κ2) is 10.6. The zero-order valence-electron chi connectivity index (χ0n) is 14.0. The van der Waals surface area contributed by atoms with Gasteiger partial charge < -0.3 is 15.7 Å². The van der Waals surface area contributed by atoms with Crippen LogP contribution in [0.1, 0.15) is 27.2 Å². The van der Waals surface area contributed by atoms with Crippen LogP contribution in [0.15, 0.2) is 24.3 Å². The summed E-state index contributed by atoms with van der Waals surface area (Å²) in [5.74, 6) is -1.46. The number of nitrogens with zero attached hydrogens (tertiary/aromatic N) is 1. The Bertz CT molecular complexity index is 580. The van der Waals surface area contributed by atoms with Crippen molar-refractivity contribution in [2.45, 2.75) is 33.2 Å². The van der Waals surface area contributed by atoms with Gasteiger partial charge in [-0.2, -0.15) is 0 Å².